The number of carbonyl (C=O) groups excluding carboxylic acids is 4. The summed E-state index contributed by atoms with van der Waals surface area (Å²) in [7, 11) is -3.00. The highest BCUT2D eigenvalue weighted by molar-refractivity contribution is 6.89. The molecule has 0 aromatic heterocycles. The van der Waals surface area contributed by atoms with E-state index < -0.39 is 40.4 Å². The molecule has 0 spiro atoms. The molecule has 224 valence electrons. The Bertz CT molecular complexity index is 1060. The largest absolute Gasteiger partial charge is 0.543 e. The van der Waals surface area contributed by atoms with E-state index in [-0.39, 0.29) is 24.3 Å². The maximum atomic E-state index is 11.9. The molecule has 2 aromatic rings. The molecule has 0 amide bonds. The summed E-state index contributed by atoms with van der Waals surface area (Å²) < 4.78 is 9.55. The van der Waals surface area contributed by atoms with E-state index in [1.54, 1.807) is 24.3 Å². The molecule has 41 heavy (non-hydrogen) atoms. The predicted molar refractivity (Wildman–Crippen MR) is 151 cm³/mol. The van der Waals surface area contributed by atoms with E-state index in [2.05, 4.69) is 68.9 Å². The molecule has 0 saturated carbocycles. The van der Waals surface area contributed by atoms with Gasteiger partial charge in [-0.05, 0) is 43.5 Å². The lowest BCUT2D eigenvalue weighted by molar-refractivity contribution is -0.452. The van der Waals surface area contributed by atoms with Crippen LogP contribution >= 0.6 is 0 Å². The van der Waals surface area contributed by atoms with Crippen molar-refractivity contribution in [2.45, 2.75) is 58.5 Å². The van der Waals surface area contributed by atoms with Crippen LogP contribution in [-0.4, -0.2) is 53.6 Å². The first-order valence-electron chi connectivity index (χ1n) is 12.9. The minimum atomic E-state index is -1.50. The summed E-state index contributed by atoms with van der Waals surface area (Å²) >= 11 is 0. The number of hydrogen-bond acceptors (Lipinski definition) is 12. The van der Waals surface area contributed by atoms with E-state index in [1.807, 2.05) is 24.3 Å². The molecule has 0 bridgehead atoms. The number of hydrogen-bond donors (Lipinski definition) is 0. The van der Waals surface area contributed by atoms with E-state index in [4.69, 9.17) is 9.47 Å². The molecule has 0 saturated heterocycles. The highest BCUT2D eigenvalue weighted by Gasteiger charge is 2.19. The Morgan fingerprint density at radius 3 is 1.17 bits per heavy atom. The van der Waals surface area contributed by atoms with E-state index in [9.17, 15) is 19.2 Å². The van der Waals surface area contributed by atoms with Crippen LogP contribution in [0.4, 0.5) is 9.59 Å². The second kappa shape index (κ2) is 15.9. The molecule has 12 nitrogen and oxygen atoms in total. The summed E-state index contributed by atoms with van der Waals surface area (Å²) in [6, 6.07) is 13.8. The van der Waals surface area contributed by atoms with Gasteiger partial charge in [0, 0.05) is 0 Å². The van der Waals surface area contributed by atoms with Gasteiger partial charge in [-0.3, -0.25) is 9.78 Å². The van der Waals surface area contributed by atoms with Crippen molar-refractivity contribution in [1.29, 1.82) is 0 Å². The van der Waals surface area contributed by atoms with Gasteiger partial charge in [-0.1, -0.05) is 73.9 Å². The first-order chi connectivity index (χ1) is 19.3. The van der Waals surface area contributed by atoms with Crippen LogP contribution in [0.15, 0.2) is 48.5 Å². The Labute approximate surface area is 240 Å². The van der Waals surface area contributed by atoms with Crippen LogP contribution in [0.25, 0.3) is 0 Å². The van der Waals surface area contributed by atoms with Gasteiger partial charge in [0.1, 0.15) is 0 Å². The highest BCUT2D eigenvalue weighted by atomic mass is 28.3. The standard InChI is InChI=1S/C27H36O12Si2/c1-40(2,3)22-14-10-20(11-15-22)24(28)34-38-36-26(30)32-18-8-7-9-19-33-27(31)37-39-35-25(29)21-12-16-23(17-13-21)41(4,5)6/h10-17H,7-9,18-19H2,1-6H3. The van der Waals surface area contributed by atoms with Gasteiger partial charge in [0.05, 0.1) is 50.6 Å². The maximum absolute atomic E-state index is 11.9. The molecule has 0 aliphatic rings. The summed E-state index contributed by atoms with van der Waals surface area (Å²) in [5, 5.41) is 10.7. The fourth-order valence-corrected chi connectivity index (χ4v) is 5.53. The summed E-state index contributed by atoms with van der Waals surface area (Å²) in [4.78, 5) is 64.2. The lowest BCUT2D eigenvalue weighted by Gasteiger charge is -2.16. The van der Waals surface area contributed by atoms with Crippen LogP contribution in [0.1, 0.15) is 40.0 Å². The maximum Gasteiger partial charge on any atom is 0.543 e. The quantitative estimate of drug-likeness (QED) is 0.0940. The molecule has 2 rings (SSSR count). The lowest BCUT2D eigenvalue weighted by atomic mass is 10.2. The van der Waals surface area contributed by atoms with Gasteiger partial charge in [-0.15, -0.1) is 0 Å². The molecule has 0 heterocycles. The van der Waals surface area contributed by atoms with Crippen molar-refractivity contribution in [1.82, 2.24) is 0 Å². The summed E-state index contributed by atoms with van der Waals surface area (Å²) in [6.07, 6.45) is -1.02. The summed E-state index contributed by atoms with van der Waals surface area (Å²) in [6.45, 7) is 13.1. The second-order valence-corrected chi connectivity index (χ2v) is 21.1. The van der Waals surface area contributed by atoms with E-state index in [0.29, 0.717) is 19.3 Å². The van der Waals surface area contributed by atoms with Crippen LogP contribution in [0.5, 0.6) is 0 Å². The molecule has 0 aliphatic heterocycles. The molecule has 0 atom stereocenters. The number of benzene rings is 2. The summed E-state index contributed by atoms with van der Waals surface area (Å²) in [5.74, 6) is -1.65. The second-order valence-electron chi connectivity index (χ2n) is 11.0. The molecule has 2 aromatic carbocycles. The van der Waals surface area contributed by atoms with Crippen molar-refractivity contribution in [3.8, 4) is 0 Å². The van der Waals surface area contributed by atoms with Crippen molar-refractivity contribution in [3.05, 3.63) is 59.7 Å². The number of unbranched alkanes of at least 4 members (excludes halogenated alkanes) is 2. The third-order valence-corrected chi connectivity index (χ3v) is 9.76. The monoisotopic (exact) mass is 608 g/mol. The van der Waals surface area contributed by atoms with Crippen LogP contribution < -0.4 is 10.4 Å². The Morgan fingerprint density at radius 2 is 0.854 bits per heavy atom. The third-order valence-electron chi connectivity index (χ3n) is 5.63. The van der Waals surface area contributed by atoms with Crippen LogP contribution in [0, 0.1) is 0 Å². The van der Waals surface area contributed by atoms with Gasteiger partial charge >= 0.3 is 24.2 Å². The number of carbonyl (C=O) groups is 4. The number of rotatable bonds is 14. The smallest absolute Gasteiger partial charge is 0.432 e. The Balaban J connectivity index is 1.48. The van der Waals surface area contributed by atoms with Crippen molar-refractivity contribution >= 4 is 50.8 Å². The van der Waals surface area contributed by atoms with Gasteiger partial charge in [-0.2, -0.15) is 0 Å². The van der Waals surface area contributed by atoms with Gasteiger partial charge < -0.3 is 9.47 Å². The zero-order chi connectivity index (χ0) is 30.5. The lowest BCUT2D eigenvalue weighted by Crippen LogP contribution is -2.37. The van der Waals surface area contributed by atoms with Crippen LogP contribution in [-0.2, 0) is 39.1 Å². The Kier molecular flexibility index (Phi) is 13.0. The molecule has 0 radical (unpaired) electrons. The van der Waals surface area contributed by atoms with E-state index >= 15 is 0 Å². The topological polar surface area (TPSA) is 142 Å². The summed E-state index contributed by atoms with van der Waals surface area (Å²) in [5.41, 5.74) is 0.483. The minimum Gasteiger partial charge on any atom is -0.432 e. The van der Waals surface area contributed by atoms with Crippen molar-refractivity contribution < 1.29 is 58.3 Å². The Hall–Kier alpha value is -3.73. The minimum absolute atomic E-state index is 0.0171. The SMILES string of the molecule is C[Si](C)(C)c1ccc(C(=O)OOOC(=O)OCCCCCOC(=O)OOOC(=O)c2ccc([Si](C)(C)C)cc2)cc1. The zero-order valence-electron chi connectivity index (χ0n) is 24.1. The molecule has 0 N–H and O–H groups in total. The van der Waals surface area contributed by atoms with Crippen LogP contribution in [0.3, 0.4) is 0 Å². The fourth-order valence-electron chi connectivity index (χ4n) is 3.20. The normalized spacial score (nSPS) is 11.3. The highest BCUT2D eigenvalue weighted by Crippen LogP contribution is 2.08. The van der Waals surface area contributed by atoms with Crippen molar-refractivity contribution in [2.75, 3.05) is 13.2 Å². The Morgan fingerprint density at radius 1 is 0.512 bits per heavy atom. The predicted octanol–water partition coefficient (Wildman–Crippen LogP) is 4.96. The molecular formula is C27H36O12Si2. The average molecular weight is 609 g/mol. The van der Waals surface area contributed by atoms with Gasteiger partial charge in [0.25, 0.3) is 0 Å². The molecule has 14 heteroatoms. The molecule has 0 fully saturated rings. The zero-order valence-corrected chi connectivity index (χ0v) is 26.1. The van der Waals surface area contributed by atoms with Gasteiger partial charge in [0.15, 0.2) is 0 Å². The van der Waals surface area contributed by atoms with Gasteiger partial charge in [-0.25, -0.2) is 29.0 Å². The average Bonchev–Trinajstić information content (AvgIpc) is 2.91. The molecule has 0 unspecified atom stereocenters. The van der Waals surface area contributed by atoms with Crippen molar-refractivity contribution in [2.24, 2.45) is 0 Å². The van der Waals surface area contributed by atoms with Crippen molar-refractivity contribution in [3.63, 3.8) is 0 Å². The fraction of sp³-hybridized carbons (Fsp3) is 0.407. The van der Waals surface area contributed by atoms with E-state index in [0.717, 1.165) is 0 Å². The van der Waals surface area contributed by atoms with Crippen LogP contribution in [0.2, 0.25) is 39.3 Å². The molecule has 0 aliphatic carbocycles. The van der Waals surface area contributed by atoms with Gasteiger partial charge in [0.2, 0.25) is 0 Å². The number of ether oxygens (including phenoxy) is 2. The molecular weight excluding hydrogens is 572 g/mol. The first-order valence-corrected chi connectivity index (χ1v) is 19.9. The first kappa shape index (κ1) is 33.5. The third kappa shape index (κ3) is 12.5. The van der Waals surface area contributed by atoms with E-state index in [1.165, 1.54) is 10.4 Å².